The van der Waals surface area contributed by atoms with Crippen LogP contribution in [0.1, 0.15) is 12.8 Å². The lowest BCUT2D eigenvalue weighted by Crippen LogP contribution is -1.58. The quantitative estimate of drug-likeness (QED) is 0.506. The van der Waals surface area contributed by atoms with E-state index in [4.69, 9.17) is 9.90 Å². The summed E-state index contributed by atoms with van der Waals surface area (Å²) in [6, 6.07) is 0. The topological polar surface area (TPSA) is 37.3 Å². The maximum Gasteiger partial charge on any atom is 0.290 e. The van der Waals surface area contributed by atoms with E-state index in [1.165, 1.54) is 24.3 Å². The molecule has 0 aromatic rings. The second-order valence-electron chi connectivity index (χ2n) is 1.42. The lowest BCUT2D eigenvalue weighted by atomic mass is 10.4. The van der Waals surface area contributed by atoms with E-state index in [2.05, 4.69) is 11.8 Å². The second kappa shape index (κ2) is 6.82. The summed E-state index contributed by atoms with van der Waals surface area (Å²) < 4.78 is 0. The van der Waals surface area contributed by atoms with E-state index in [1.807, 2.05) is 0 Å². The Morgan fingerprint density at radius 1 is 1.38 bits per heavy atom. The predicted molar refractivity (Wildman–Crippen MR) is 35.3 cm³/mol. The molecule has 0 saturated carbocycles. The van der Waals surface area contributed by atoms with Crippen LogP contribution in [0.4, 0.5) is 0 Å². The van der Waals surface area contributed by atoms with Gasteiger partial charge in [0.1, 0.15) is 0 Å². The number of hydrogen-bond acceptors (Lipinski definition) is 2. The van der Waals surface area contributed by atoms with Gasteiger partial charge in [-0.3, -0.25) is 4.79 Å². The van der Waals surface area contributed by atoms with E-state index in [1.54, 1.807) is 0 Å². The highest BCUT2D eigenvalue weighted by molar-refractivity contribution is 7.99. The highest BCUT2D eigenvalue weighted by Crippen LogP contribution is 2.14. The first kappa shape index (κ1) is 7.82. The molecule has 1 heterocycles. The van der Waals surface area contributed by atoms with Gasteiger partial charge >= 0.3 is 0 Å². The molecular formula is C5H10O2S. The first-order chi connectivity index (χ1) is 3.91. The summed E-state index contributed by atoms with van der Waals surface area (Å²) in [7, 11) is 0. The van der Waals surface area contributed by atoms with Gasteiger partial charge in [0, 0.05) is 0 Å². The number of thioether (sulfide) groups is 1. The highest BCUT2D eigenvalue weighted by Gasteiger charge is 1.95. The average Bonchev–Trinajstić information content (AvgIpc) is 2.17. The van der Waals surface area contributed by atoms with Crippen LogP contribution in [0, 0.1) is 0 Å². The molecule has 1 N–H and O–H groups in total. The maximum atomic E-state index is 8.36. The Bertz CT molecular complexity index is 44.8. The van der Waals surface area contributed by atoms with Crippen molar-refractivity contribution in [2.75, 3.05) is 11.5 Å². The number of carbonyl (C=O) groups is 1. The van der Waals surface area contributed by atoms with Crippen LogP contribution in [-0.2, 0) is 4.79 Å². The van der Waals surface area contributed by atoms with Crippen LogP contribution in [0.3, 0.4) is 0 Å². The van der Waals surface area contributed by atoms with Gasteiger partial charge in [0.25, 0.3) is 6.47 Å². The van der Waals surface area contributed by atoms with Crippen LogP contribution >= 0.6 is 11.8 Å². The summed E-state index contributed by atoms with van der Waals surface area (Å²) in [6.07, 6.45) is 2.93. The third-order valence-corrected chi connectivity index (χ3v) is 1.98. The molecule has 0 aromatic heterocycles. The van der Waals surface area contributed by atoms with Gasteiger partial charge in [0.05, 0.1) is 0 Å². The Kier molecular flexibility index (Phi) is 6.67. The van der Waals surface area contributed by atoms with Gasteiger partial charge in [0.15, 0.2) is 0 Å². The fourth-order valence-corrected chi connectivity index (χ4v) is 1.53. The van der Waals surface area contributed by atoms with Gasteiger partial charge in [-0.25, -0.2) is 0 Å². The summed E-state index contributed by atoms with van der Waals surface area (Å²) in [5.41, 5.74) is 0. The van der Waals surface area contributed by atoms with Crippen molar-refractivity contribution in [2.24, 2.45) is 0 Å². The zero-order chi connectivity index (χ0) is 6.24. The average molecular weight is 134 g/mol. The van der Waals surface area contributed by atoms with E-state index in [0.29, 0.717) is 0 Å². The molecule has 0 aliphatic carbocycles. The van der Waals surface area contributed by atoms with Crippen molar-refractivity contribution in [3.63, 3.8) is 0 Å². The minimum absolute atomic E-state index is 0.250. The molecule has 1 aliphatic rings. The van der Waals surface area contributed by atoms with E-state index in [9.17, 15) is 0 Å². The van der Waals surface area contributed by atoms with Gasteiger partial charge in [-0.1, -0.05) is 0 Å². The standard InChI is InChI=1S/C4H8S.CH2O2/c1-2-4-5-3-1;2-1-3/h1-4H2;1H,(H,2,3). The second-order valence-corrected chi connectivity index (χ2v) is 2.65. The SMILES string of the molecule is C1CCSC1.O=CO. The maximum absolute atomic E-state index is 8.36. The van der Waals surface area contributed by atoms with Gasteiger partial charge in [-0.05, 0) is 24.3 Å². The molecule has 0 atom stereocenters. The summed E-state index contributed by atoms with van der Waals surface area (Å²) in [4.78, 5) is 8.36. The highest BCUT2D eigenvalue weighted by atomic mass is 32.2. The summed E-state index contributed by atoms with van der Waals surface area (Å²) in [5.74, 6) is 2.83. The third kappa shape index (κ3) is 5.82. The summed E-state index contributed by atoms with van der Waals surface area (Å²) >= 11 is 2.07. The molecule has 1 aliphatic heterocycles. The fraction of sp³-hybridized carbons (Fsp3) is 0.800. The molecule has 2 nitrogen and oxygen atoms in total. The molecule has 0 unspecified atom stereocenters. The van der Waals surface area contributed by atoms with Crippen molar-refractivity contribution in [2.45, 2.75) is 12.8 Å². The Labute approximate surface area is 53.3 Å². The normalized spacial score (nSPS) is 16.5. The van der Waals surface area contributed by atoms with Crippen LogP contribution in [0.5, 0.6) is 0 Å². The Hall–Kier alpha value is -0.180. The first-order valence-electron chi connectivity index (χ1n) is 2.57. The van der Waals surface area contributed by atoms with Crippen molar-refractivity contribution >= 4 is 18.2 Å². The summed E-state index contributed by atoms with van der Waals surface area (Å²) in [6.45, 7) is -0.250. The number of rotatable bonds is 0. The van der Waals surface area contributed by atoms with Crippen LogP contribution in [-0.4, -0.2) is 23.1 Å². The van der Waals surface area contributed by atoms with Crippen molar-refractivity contribution < 1.29 is 9.90 Å². The van der Waals surface area contributed by atoms with Crippen LogP contribution in [0.2, 0.25) is 0 Å². The minimum atomic E-state index is -0.250. The Morgan fingerprint density at radius 3 is 1.88 bits per heavy atom. The van der Waals surface area contributed by atoms with Crippen molar-refractivity contribution in [3.05, 3.63) is 0 Å². The molecule has 1 saturated heterocycles. The monoisotopic (exact) mass is 134 g/mol. The largest absolute Gasteiger partial charge is 0.483 e. The Morgan fingerprint density at radius 2 is 1.75 bits per heavy atom. The van der Waals surface area contributed by atoms with E-state index in [0.717, 1.165) is 0 Å². The zero-order valence-electron chi connectivity index (χ0n) is 4.67. The van der Waals surface area contributed by atoms with Gasteiger partial charge in [-0.2, -0.15) is 11.8 Å². The van der Waals surface area contributed by atoms with Crippen LogP contribution in [0.15, 0.2) is 0 Å². The van der Waals surface area contributed by atoms with Crippen LogP contribution in [0.25, 0.3) is 0 Å². The predicted octanol–water partition coefficient (Wildman–Crippen LogP) is 1.21. The lowest BCUT2D eigenvalue weighted by molar-refractivity contribution is -0.122. The molecule has 0 bridgehead atoms. The fourth-order valence-electron chi connectivity index (χ4n) is 0.510. The Balaban J connectivity index is 0.000000145. The molecule has 0 amide bonds. The molecule has 8 heavy (non-hydrogen) atoms. The van der Waals surface area contributed by atoms with E-state index >= 15 is 0 Å². The van der Waals surface area contributed by atoms with Crippen molar-refractivity contribution in [1.29, 1.82) is 0 Å². The number of carboxylic acid groups (broad SMARTS) is 1. The van der Waals surface area contributed by atoms with E-state index < -0.39 is 0 Å². The van der Waals surface area contributed by atoms with Gasteiger partial charge < -0.3 is 5.11 Å². The zero-order valence-corrected chi connectivity index (χ0v) is 5.49. The molecular weight excluding hydrogens is 124 g/mol. The van der Waals surface area contributed by atoms with Crippen molar-refractivity contribution in [3.8, 4) is 0 Å². The lowest BCUT2D eigenvalue weighted by Gasteiger charge is -1.69. The molecule has 48 valence electrons. The summed E-state index contributed by atoms with van der Waals surface area (Å²) in [5, 5.41) is 6.89. The molecule has 1 rings (SSSR count). The molecule has 1 fully saturated rings. The molecule has 3 heteroatoms. The van der Waals surface area contributed by atoms with Gasteiger partial charge in [0.2, 0.25) is 0 Å². The minimum Gasteiger partial charge on any atom is -0.483 e. The van der Waals surface area contributed by atoms with Gasteiger partial charge in [-0.15, -0.1) is 0 Å². The van der Waals surface area contributed by atoms with Crippen molar-refractivity contribution in [1.82, 2.24) is 0 Å². The molecule has 0 radical (unpaired) electrons. The smallest absolute Gasteiger partial charge is 0.290 e. The van der Waals surface area contributed by atoms with E-state index in [-0.39, 0.29) is 6.47 Å². The first-order valence-corrected chi connectivity index (χ1v) is 3.73. The van der Waals surface area contributed by atoms with Crippen LogP contribution < -0.4 is 0 Å². The molecule has 0 aromatic carbocycles. The number of hydrogen-bond donors (Lipinski definition) is 1. The third-order valence-electron chi connectivity index (χ3n) is 0.827. The molecule has 0 spiro atoms.